The highest BCUT2D eigenvalue weighted by Gasteiger charge is 2.22. The normalized spacial score (nSPS) is 14.2. The quantitative estimate of drug-likeness (QED) is 0.780. The van der Waals surface area contributed by atoms with Gasteiger partial charge in [0.2, 0.25) is 5.91 Å². The number of anilines is 1. The number of carbonyl (C=O) groups excluding carboxylic acids is 1. The highest BCUT2D eigenvalue weighted by Crippen LogP contribution is 2.30. The molecule has 1 aromatic carbocycles. The molecule has 0 radical (unpaired) electrons. The van der Waals surface area contributed by atoms with Gasteiger partial charge in [0.25, 0.3) is 0 Å². The molecule has 0 heterocycles. The number of rotatable bonds is 5. The maximum atomic E-state index is 11.7. The van der Waals surface area contributed by atoms with Crippen molar-refractivity contribution in [2.75, 3.05) is 11.9 Å². The molecular formula is C12H12Cl2N2O3. The van der Waals surface area contributed by atoms with Gasteiger partial charge < -0.3 is 15.7 Å². The molecule has 0 aliphatic heterocycles. The summed E-state index contributed by atoms with van der Waals surface area (Å²) in [7, 11) is 0. The fourth-order valence-corrected chi connectivity index (χ4v) is 2.12. The van der Waals surface area contributed by atoms with Gasteiger partial charge in [0.1, 0.15) is 0 Å². The Kier molecular flexibility index (Phi) is 4.29. The Morgan fingerprint density at radius 2 is 2.00 bits per heavy atom. The van der Waals surface area contributed by atoms with E-state index in [0.717, 1.165) is 12.8 Å². The Bertz CT molecular complexity index is 530. The van der Waals surface area contributed by atoms with Crippen LogP contribution >= 0.6 is 23.2 Å². The van der Waals surface area contributed by atoms with Crippen LogP contribution in [0, 0.1) is 0 Å². The summed E-state index contributed by atoms with van der Waals surface area (Å²) in [5.74, 6) is -1.53. The van der Waals surface area contributed by atoms with E-state index < -0.39 is 5.97 Å². The molecule has 1 saturated carbocycles. The molecule has 1 fully saturated rings. The smallest absolute Gasteiger partial charge is 0.337 e. The minimum absolute atomic E-state index is 0.0705. The van der Waals surface area contributed by atoms with Gasteiger partial charge >= 0.3 is 5.97 Å². The van der Waals surface area contributed by atoms with Crippen molar-refractivity contribution in [3.8, 4) is 0 Å². The number of hydrogen-bond donors (Lipinski definition) is 3. The number of carboxylic acids is 1. The zero-order valence-corrected chi connectivity index (χ0v) is 11.4. The molecule has 19 heavy (non-hydrogen) atoms. The lowest BCUT2D eigenvalue weighted by atomic mass is 10.1. The minimum Gasteiger partial charge on any atom is -0.478 e. The molecule has 1 aliphatic carbocycles. The van der Waals surface area contributed by atoms with Crippen molar-refractivity contribution in [3.63, 3.8) is 0 Å². The zero-order valence-electron chi connectivity index (χ0n) is 9.87. The fourth-order valence-electron chi connectivity index (χ4n) is 1.58. The van der Waals surface area contributed by atoms with Gasteiger partial charge in [-0.25, -0.2) is 4.79 Å². The largest absolute Gasteiger partial charge is 0.478 e. The lowest BCUT2D eigenvalue weighted by Gasteiger charge is -2.11. The molecule has 1 aromatic rings. The molecule has 7 heteroatoms. The summed E-state index contributed by atoms with van der Waals surface area (Å²) in [6.45, 7) is 0.128. The Labute approximate surface area is 119 Å². The number of amides is 1. The second-order valence-electron chi connectivity index (χ2n) is 4.32. The second kappa shape index (κ2) is 5.77. The number of halogens is 2. The Hall–Kier alpha value is -1.30. The van der Waals surface area contributed by atoms with Gasteiger partial charge in [-0.05, 0) is 25.0 Å². The van der Waals surface area contributed by atoms with Crippen LogP contribution in [0.4, 0.5) is 5.69 Å². The third kappa shape index (κ3) is 3.83. The molecular weight excluding hydrogens is 291 g/mol. The molecule has 0 atom stereocenters. The first-order valence-electron chi connectivity index (χ1n) is 5.73. The van der Waals surface area contributed by atoms with Crippen molar-refractivity contribution >= 4 is 40.8 Å². The lowest BCUT2D eigenvalue weighted by Crippen LogP contribution is -2.30. The Balaban J connectivity index is 2.13. The number of hydrogen-bond acceptors (Lipinski definition) is 3. The SMILES string of the molecule is O=C(CNC1CC1)Nc1c(Cl)cc(Cl)cc1C(=O)O. The maximum absolute atomic E-state index is 11.7. The first kappa shape index (κ1) is 14.1. The van der Waals surface area contributed by atoms with Crippen molar-refractivity contribution in [2.45, 2.75) is 18.9 Å². The minimum atomic E-state index is -1.20. The van der Waals surface area contributed by atoms with Crippen LogP contribution < -0.4 is 10.6 Å². The van der Waals surface area contributed by atoms with Crippen LogP contribution in [0.2, 0.25) is 10.0 Å². The van der Waals surface area contributed by atoms with E-state index in [2.05, 4.69) is 10.6 Å². The molecule has 2 rings (SSSR count). The first-order valence-corrected chi connectivity index (χ1v) is 6.48. The predicted octanol–water partition coefficient (Wildman–Crippen LogP) is 2.38. The summed E-state index contributed by atoms with van der Waals surface area (Å²) < 4.78 is 0. The van der Waals surface area contributed by atoms with Gasteiger partial charge in [-0.3, -0.25) is 4.79 Å². The summed E-state index contributed by atoms with van der Waals surface area (Å²) in [4.78, 5) is 22.8. The van der Waals surface area contributed by atoms with Crippen LogP contribution in [0.15, 0.2) is 12.1 Å². The molecule has 0 aromatic heterocycles. The molecule has 0 unspecified atom stereocenters. The van der Waals surface area contributed by atoms with E-state index in [4.69, 9.17) is 28.3 Å². The van der Waals surface area contributed by atoms with E-state index in [-0.39, 0.29) is 33.7 Å². The van der Waals surface area contributed by atoms with Crippen LogP contribution in [-0.2, 0) is 4.79 Å². The van der Waals surface area contributed by atoms with Crippen LogP contribution in [-0.4, -0.2) is 29.6 Å². The van der Waals surface area contributed by atoms with Crippen molar-refractivity contribution in [3.05, 3.63) is 27.7 Å². The summed E-state index contributed by atoms with van der Waals surface area (Å²) in [6, 6.07) is 3.03. The fraction of sp³-hybridized carbons (Fsp3) is 0.333. The Morgan fingerprint density at radius 1 is 1.32 bits per heavy atom. The van der Waals surface area contributed by atoms with Gasteiger partial charge in [0.15, 0.2) is 0 Å². The maximum Gasteiger partial charge on any atom is 0.337 e. The molecule has 0 saturated heterocycles. The first-order chi connectivity index (χ1) is 8.97. The van der Waals surface area contributed by atoms with Gasteiger partial charge in [-0.2, -0.15) is 0 Å². The lowest BCUT2D eigenvalue weighted by molar-refractivity contribution is -0.115. The summed E-state index contributed by atoms with van der Waals surface area (Å²) in [5, 5.41) is 14.9. The van der Waals surface area contributed by atoms with Crippen LogP contribution in [0.1, 0.15) is 23.2 Å². The average Bonchev–Trinajstić information content (AvgIpc) is 3.13. The highest BCUT2D eigenvalue weighted by atomic mass is 35.5. The molecule has 102 valence electrons. The zero-order chi connectivity index (χ0) is 14.0. The molecule has 3 N–H and O–H groups in total. The van der Waals surface area contributed by atoms with Gasteiger partial charge in [-0.15, -0.1) is 0 Å². The van der Waals surface area contributed by atoms with Crippen LogP contribution in [0.3, 0.4) is 0 Å². The second-order valence-corrected chi connectivity index (χ2v) is 5.16. The van der Waals surface area contributed by atoms with Crippen LogP contribution in [0.5, 0.6) is 0 Å². The number of benzene rings is 1. The van der Waals surface area contributed by atoms with E-state index in [0.29, 0.717) is 6.04 Å². The standard InChI is InChI=1S/C12H12Cl2N2O3/c13-6-3-8(12(18)19)11(9(14)4-6)16-10(17)5-15-7-1-2-7/h3-4,7,15H,1-2,5H2,(H,16,17)(H,18,19). The topological polar surface area (TPSA) is 78.4 Å². The van der Waals surface area contributed by atoms with E-state index in [1.165, 1.54) is 12.1 Å². The number of carbonyl (C=O) groups is 2. The Morgan fingerprint density at radius 3 is 2.58 bits per heavy atom. The van der Waals surface area contributed by atoms with E-state index >= 15 is 0 Å². The third-order valence-electron chi connectivity index (χ3n) is 2.68. The summed E-state index contributed by atoms with van der Waals surface area (Å²) in [6.07, 6.45) is 2.13. The molecule has 0 spiro atoms. The molecule has 5 nitrogen and oxygen atoms in total. The average molecular weight is 303 g/mol. The monoisotopic (exact) mass is 302 g/mol. The van der Waals surface area contributed by atoms with Gasteiger partial charge in [0, 0.05) is 11.1 Å². The third-order valence-corrected chi connectivity index (χ3v) is 3.19. The molecule has 0 bridgehead atoms. The summed E-state index contributed by atoms with van der Waals surface area (Å²) in [5.41, 5.74) is -0.0570. The number of aromatic carboxylic acids is 1. The molecule has 1 aliphatic rings. The van der Waals surface area contributed by atoms with E-state index in [1.807, 2.05) is 0 Å². The van der Waals surface area contributed by atoms with Crippen molar-refractivity contribution in [2.24, 2.45) is 0 Å². The van der Waals surface area contributed by atoms with Crippen molar-refractivity contribution in [1.29, 1.82) is 0 Å². The van der Waals surface area contributed by atoms with Gasteiger partial charge in [-0.1, -0.05) is 23.2 Å². The summed E-state index contributed by atoms with van der Waals surface area (Å²) >= 11 is 11.7. The van der Waals surface area contributed by atoms with E-state index in [9.17, 15) is 9.59 Å². The highest BCUT2D eigenvalue weighted by molar-refractivity contribution is 6.37. The number of nitrogens with one attached hydrogen (secondary N) is 2. The number of carboxylic acid groups (broad SMARTS) is 1. The molecule has 1 amide bonds. The van der Waals surface area contributed by atoms with Crippen LogP contribution in [0.25, 0.3) is 0 Å². The van der Waals surface area contributed by atoms with E-state index in [1.54, 1.807) is 0 Å². The predicted molar refractivity (Wildman–Crippen MR) is 73.1 cm³/mol. The van der Waals surface area contributed by atoms with Crippen molar-refractivity contribution in [1.82, 2.24) is 5.32 Å². The van der Waals surface area contributed by atoms with Crippen molar-refractivity contribution < 1.29 is 14.7 Å². The van der Waals surface area contributed by atoms with Gasteiger partial charge in [0.05, 0.1) is 22.8 Å².